The predicted molar refractivity (Wildman–Crippen MR) is 74.4 cm³/mol. The minimum Gasteiger partial charge on any atom is -0.338 e. The first kappa shape index (κ1) is 14.8. The third kappa shape index (κ3) is 3.48. The van der Waals surface area contributed by atoms with Crippen LogP contribution < -0.4 is 5.73 Å². The lowest BCUT2D eigenvalue weighted by molar-refractivity contribution is -0.131. The van der Waals surface area contributed by atoms with Gasteiger partial charge in [0.25, 0.3) is 0 Å². The molecule has 1 saturated heterocycles. The summed E-state index contributed by atoms with van der Waals surface area (Å²) in [5.41, 5.74) is 5.63. The van der Waals surface area contributed by atoms with E-state index in [0.29, 0.717) is 6.54 Å². The van der Waals surface area contributed by atoms with Gasteiger partial charge in [-0.25, -0.2) is 8.42 Å². The average Bonchev–Trinajstić information content (AvgIpc) is 3.06. The van der Waals surface area contributed by atoms with E-state index in [1.165, 1.54) is 0 Å². The van der Waals surface area contributed by atoms with Crippen molar-refractivity contribution >= 4 is 15.7 Å². The van der Waals surface area contributed by atoms with Gasteiger partial charge in [0.2, 0.25) is 5.91 Å². The fourth-order valence-electron chi connectivity index (χ4n) is 3.20. The van der Waals surface area contributed by atoms with Gasteiger partial charge in [0.05, 0.1) is 11.0 Å². The molecule has 2 N–H and O–H groups in total. The highest BCUT2D eigenvalue weighted by Crippen LogP contribution is 2.26. The number of carbonyl (C=O) groups excluding carboxylic acids is 1. The SMILES string of the molecule is NCC1CCCN1C(=O)CCS(=O)(=O)C1CCCC1. The molecule has 5 nitrogen and oxygen atoms in total. The van der Waals surface area contributed by atoms with Crippen LogP contribution in [0.3, 0.4) is 0 Å². The normalized spacial score (nSPS) is 25.1. The molecule has 0 aromatic rings. The van der Waals surface area contributed by atoms with E-state index in [4.69, 9.17) is 5.73 Å². The lowest BCUT2D eigenvalue weighted by Gasteiger charge is -2.23. The summed E-state index contributed by atoms with van der Waals surface area (Å²) in [5, 5.41) is -0.204. The first-order valence-electron chi connectivity index (χ1n) is 7.25. The Kier molecular flexibility index (Phi) is 4.84. The van der Waals surface area contributed by atoms with Gasteiger partial charge < -0.3 is 10.6 Å². The molecule has 0 aromatic heterocycles. The maximum Gasteiger partial charge on any atom is 0.223 e. The molecule has 1 aliphatic heterocycles. The maximum absolute atomic E-state index is 12.1. The number of nitrogens with zero attached hydrogens (tertiary/aromatic N) is 1. The number of hydrogen-bond acceptors (Lipinski definition) is 4. The summed E-state index contributed by atoms with van der Waals surface area (Å²) in [7, 11) is -3.09. The highest BCUT2D eigenvalue weighted by atomic mass is 32.2. The van der Waals surface area contributed by atoms with Gasteiger partial charge in [-0.15, -0.1) is 0 Å². The van der Waals surface area contributed by atoms with Crippen LogP contribution in [0.15, 0.2) is 0 Å². The molecule has 0 bridgehead atoms. The minimum atomic E-state index is -3.09. The molecule has 1 amide bonds. The largest absolute Gasteiger partial charge is 0.338 e. The minimum absolute atomic E-state index is 0.00426. The molecule has 2 aliphatic rings. The van der Waals surface area contributed by atoms with Gasteiger partial charge >= 0.3 is 0 Å². The molecule has 6 heteroatoms. The van der Waals surface area contributed by atoms with Crippen LogP contribution in [0.2, 0.25) is 0 Å². The number of nitrogens with two attached hydrogens (primary N) is 1. The van der Waals surface area contributed by atoms with Crippen molar-refractivity contribution < 1.29 is 13.2 Å². The standard InChI is InChI=1S/C13H24N2O3S/c14-10-11-4-3-8-15(11)13(16)7-9-19(17,18)12-5-1-2-6-12/h11-12H,1-10,14H2. The molecule has 19 heavy (non-hydrogen) atoms. The number of carbonyl (C=O) groups is 1. The lowest BCUT2D eigenvalue weighted by atomic mass is 10.2. The van der Waals surface area contributed by atoms with E-state index in [9.17, 15) is 13.2 Å². The zero-order chi connectivity index (χ0) is 13.9. The molecule has 1 atom stereocenters. The Bertz CT molecular complexity index is 416. The smallest absolute Gasteiger partial charge is 0.223 e. The molecular formula is C13H24N2O3S. The van der Waals surface area contributed by atoms with Crippen LogP contribution in [0.5, 0.6) is 0 Å². The summed E-state index contributed by atoms with van der Waals surface area (Å²) in [6.45, 7) is 1.20. The molecule has 1 unspecified atom stereocenters. The fourth-order valence-corrected chi connectivity index (χ4v) is 5.04. The molecule has 2 rings (SSSR count). The third-order valence-corrected chi connectivity index (χ3v) is 6.64. The summed E-state index contributed by atoms with van der Waals surface area (Å²) in [6.07, 6.45) is 5.58. The van der Waals surface area contributed by atoms with E-state index in [1.807, 2.05) is 0 Å². The Morgan fingerprint density at radius 1 is 1.16 bits per heavy atom. The molecule has 0 spiro atoms. The third-order valence-electron chi connectivity index (χ3n) is 4.38. The topological polar surface area (TPSA) is 80.5 Å². The molecule has 1 saturated carbocycles. The van der Waals surface area contributed by atoms with Gasteiger partial charge in [-0.3, -0.25) is 4.79 Å². The Hall–Kier alpha value is -0.620. The van der Waals surface area contributed by atoms with Crippen molar-refractivity contribution in [2.45, 2.75) is 56.2 Å². The average molecular weight is 288 g/mol. The van der Waals surface area contributed by atoms with Gasteiger partial charge in [-0.1, -0.05) is 12.8 Å². The Morgan fingerprint density at radius 3 is 2.47 bits per heavy atom. The van der Waals surface area contributed by atoms with Crippen LogP contribution in [-0.4, -0.2) is 49.4 Å². The van der Waals surface area contributed by atoms with Gasteiger partial charge in [0.1, 0.15) is 0 Å². The highest BCUT2D eigenvalue weighted by Gasteiger charge is 2.31. The summed E-state index contributed by atoms with van der Waals surface area (Å²) in [4.78, 5) is 13.9. The van der Waals surface area contributed by atoms with Crippen molar-refractivity contribution in [3.63, 3.8) is 0 Å². The first-order chi connectivity index (χ1) is 9.04. The number of sulfone groups is 1. The van der Waals surface area contributed by atoms with Crippen LogP contribution in [0.25, 0.3) is 0 Å². The fraction of sp³-hybridized carbons (Fsp3) is 0.923. The molecule has 1 heterocycles. The number of likely N-dealkylation sites (tertiary alicyclic amines) is 1. The second kappa shape index (κ2) is 6.22. The number of hydrogen-bond donors (Lipinski definition) is 1. The van der Waals surface area contributed by atoms with Crippen molar-refractivity contribution in [2.75, 3.05) is 18.8 Å². The Labute approximate surface area is 115 Å². The van der Waals surface area contributed by atoms with Crippen molar-refractivity contribution in [3.05, 3.63) is 0 Å². The number of amides is 1. The summed E-state index contributed by atoms with van der Waals surface area (Å²) < 4.78 is 24.2. The van der Waals surface area contributed by atoms with E-state index in [1.54, 1.807) is 4.90 Å². The number of rotatable bonds is 5. The molecule has 0 radical (unpaired) electrons. The lowest BCUT2D eigenvalue weighted by Crippen LogP contribution is -2.40. The van der Waals surface area contributed by atoms with Crippen LogP contribution in [0.1, 0.15) is 44.9 Å². The molecule has 110 valence electrons. The van der Waals surface area contributed by atoms with E-state index >= 15 is 0 Å². The quantitative estimate of drug-likeness (QED) is 0.807. The highest BCUT2D eigenvalue weighted by molar-refractivity contribution is 7.92. The van der Waals surface area contributed by atoms with Gasteiger partial charge in [-0.2, -0.15) is 0 Å². The van der Waals surface area contributed by atoms with Gasteiger partial charge in [0, 0.05) is 25.6 Å². The van der Waals surface area contributed by atoms with Crippen LogP contribution in [-0.2, 0) is 14.6 Å². The van der Waals surface area contributed by atoms with Crippen LogP contribution >= 0.6 is 0 Å². The van der Waals surface area contributed by atoms with Gasteiger partial charge in [0.15, 0.2) is 9.84 Å². The molecule has 1 aliphatic carbocycles. The summed E-state index contributed by atoms with van der Waals surface area (Å²) >= 11 is 0. The van der Waals surface area contributed by atoms with Crippen molar-refractivity contribution in [2.24, 2.45) is 5.73 Å². The predicted octanol–water partition coefficient (Wildman–Crippen LogP) is 0.684. The first-order valence-corrected chi connectivity index (χ1v) is 8.97. The monoisotopic (exact) mass is 288 g/mol. The maximum atomic E-state index is 12.1. The van der Waals surface area contributed by atoms with Gasteiger partial charge in [-0.05, 0) is 25.7 Å². The van der Waals surface area contributed by atoms with E-state index < -0.39 is 9.84 Å². The van der Waals surface area contributed by atoms with Crippen molar-refractivity contribution in [3.8, 4) is 0 Å². The van der Waals surface area contributed by atoms with Crippen LogP contribution in [0, 0.1) is 0 Å². The van der Waals surface area contributed by atoms with E-state index in [0.717, 1.165) is 45.1 Å². The molecule has 2 fully saturated rings. The molecular weight excluding hydrogens is 264 g/mol. The molecule has 0 aromatic carbocycles. The van der Waals surface area contributed by atoms with E-state index in [2.05, 4.69) is 0 Å². The zero-order valence-corrected chi connectivity index (χ0v) is 12.2. The Morgan fingerprint density at radius 2 is 1.84 bits per heavy atom. The van der Waals surface area contributed by atoms with Crippen molar-refractivity contribution in [1.82, 2.24) is 4.90 Å². The zero-order valence-electron chi connectivity index (χ0n) is 11.4. The second-order valence-corrected chi connectivity index (χ2v) is 8.04. The van der Waals surface area contributed by atoms with E-state index in [-0.39, 0.29) is 29.4 Å². The Balaban J connectivity index is 1.86. The second-order valence-electron chi connectivity index (χ2n) is 5.64. The summed E-state index contributed by atoms with van der Waals surface area (Å²) in [6, 6.07) is 0.113. The summed E-state index contributed by atoms with van der Waals surface area (Å²) in [5.74, 6) is -0.0425. The van der Waals surface area contributed by atoms with Crippen LogP contribution in [0.4, 0.5) is 0 Å². The van der Waals surface area contributed by atoms with Crippen molar-refractivity contribution in [1.29, 1.82) is 0 Å².